The first-order valence-electron chi connectivity index (χ1n) is 13.7. The van der Waals surface area contributed by atoms with Gasteiger partial charge in [-0.3, -0.25) is 14.5 Å². The Morgan fingerprint density at radius 1 is 0.974 bits per heavy atom. The highest BCUT2D eigenvalue weighted by Gasteiger charge is 2.39. The van der Waals surface area contributed by atoms with Gasteiger partial charge in [0, 0.05) is 44.9 Å². The minimum Gasteiger partial charge on any atom is -0.497 e. The molecule has 1 saturated heterocycles. The molecule has 0 spiro atoms. The van der Waals surface area contributed by atoms with Gasteiger partial charge in [-0.15, -0.1) is 0 Å². The predicted octanol–water partition coefficient (Wildman–Crippen LogP) is 3.09. The molecule has 2 fully saturated rings. The fraction of sp³-hybridized carbons (Fsp3) is 0.533. The average molecular weight is 523 g/mol. The van der Waals surface area contributed by atoms with E-state index in [1.165, 1.54) is 12.7 Å². The average Bonchev–Trinajstić information content (AvgIpc) is 2.94. The lowest BCUT2D eigenvalue weighted by Gasteiger charge is -2.43. The Balaban J connectivity index is 1.54. The van der Waals surface area contributed by atoms with E-state index in [9.17, 15) is 9.59 Å². The maximum absolute atomic E-state index is 13.6. The third-order valence-electron chi connectivity index (χ3n) is 7.85. The number of benzene rings is 2. The zero-order valence-corrected chi connectivity index (χ0v) is 22.7. The standard InChI is InChI=1S/C30H42N4O4/c1-37-21-29(35)34-16-15-26(18-28(34)30(36)32-25-13-11-24(31)12-14-25)33(19-22-7-4-3-5-8-22)20-23-9-6-10-27(17-23)38-2/h3-10,17,24-26,28H,11-16,18-21,31H2,1-2H3,(H,32,36)/t24?,25?,26?,28-/m1/s1. The molecule has 206 valence electrons. The van der Waals surface area contributed by atoms with Crippen LogP contribution in [-0.2, 0) is 27.4 Å². The van der Waals surface area contributed by atoms with Crippen LogP contribution in [0, 0.1) is 0 Å². The zero-order valence-electron chi connectivity index (χ0n) is 22.7. The second-order valence-corrected chi connectivity index (χ2v) is 10.6. The lowest BCUT2D eigenvalue weighted by atomic mass is 9.90. The molecule has 1 unspecified atom stereocenters. The van der Waals surface area contributed by atoms with E-state index >= 15 is 0 Å². The summed E-state index contributed by atoms with van der Waals surface area (Å²) in [6.07, 6.45) is 4.95. The maximum atomic E-state index is 13.6. The molecule has 8 heteroatoms. The van der Waals surface area contributed by atoms with Gasteiger partial charge in [-0.05, 0) is 61.8 Å². The molecule has 2 aromatic rings. The smallest absolute Gasteiger partial charge is 0.249 e. The van der Waals surface area contributed by atoms with Crippen LogP contribution in [-0.4, -0.2) is 73.2 Å². The summed E-state index contributed by atoms with van der Waals surface area (Å²) in [5.74, 6) is 0.617. The number of hydrogen-bond donors (Lipinski definition) is 2. The van der Waals surface area contributed by atoms with E-state index in [1.807, 2.05) is 18.2 Å². The quantitative estimate of drug-likeness (QED) is 0.498. The van der Waals surface area contributed by atoms with Crippen molar-refractivity contribution in [1.82, 2.24) is 15.1 Å². The molecule has 0 aromatic heterocycles. The molecular formula is C30H42N4O4. The molecule has 2 aromatic carbocycles. The largest absolute Gasteiger partial charge is 0.497 e. The van der Waals surface area contributed by atoms with Crippen LogP contribution in [0.4, 0.5) is 0 Å². The first-order chi connectivity index (χ1) is 18.5. The Hall–Kier alpha value is -2.94. The Bertz CT molecular complexity index is 1040. The molecule has 1 heterocycles. The van der Waals surface area contributed by atoms with Crippen molar-refractivity contribution in [2.75, 3.05) is 27.4 Å². The molecule has 1 saturated carbocycles. The van der Waals surface area contributed by atoms with Gasteiger partial charge in [-0.1, -0.05) is 42.5 Å². The molecule has 2 amide bonds. The number of hydrogen-bond acceptors (Lipinski definition) is 6. The molecule has 38 heavy (non-hydrogen) atoms. The summed E-state index contributed by atoms with van der Waals surface area (Å²) in [5, 5.41) is 3.25. The Labute approximate surface area is 226 Å². The van der Waals surface area contributed by atoms with E-state index in [-0.39, 0.29) is 36.5 Å². The van der Waals surface area contributed by atoms with Gasteiger partial charge in [0.05, 0.1) is 7.11 Å². The molecule has 4 rings (SSSR count). The number of nitrogens with one attached hydrogen (secondary N) is 1. The number of nitrogens with two attached hydrogens (primary N) is 1. The number of ether oxygens (including phenoxy) is 2. The topological polar surface area (TPSA) is 97.1 Å². The van der Waals surface area contributed by atoms with Crippen molar-refractivity contribution in [3.63, 3.8) is 0 Å². The Morgan fingerprint density at radius 2 is 1.68 bits per heavy atom. The van der Waals surface area contributed by atoms with Crippen LogP contribution in [0.25, 0.3) is 0 Å². The minimum atomic E-state index is -0.532. The van der Waals surface area contributed by atoms with Gasteiger partial charge in [-0.25, -0.2) is 0 Å². The van der Waals surface area contributed by atoms with Gasteiger partial charge in [0.2, 0.25) is 11.8 Å². The van der Waals surface area contributed by atoms with E-state index in [2.05, 4.69) is 46.6 Å². The highest BCUT2D eigenvalue weighted by molar-refractivity contribution is 5.88. The van der Waals surface area contributed by atoms with Crippen molar-refractivity contribution in [3.8, 4) is 5.75 Å². The highest BCUT2D eigenvalue weighted by Crippen LogP contribution is 2.27. The molecule has 1 aliphatic heterocycles. The maximum Gasteiger partial charge on any atom is 0.249 e. The lowest BCUT2D eigenvalue weighted by molar-refractivity contribution is -0.147. The van der Waals surface area contributed by atoms with Crippen molar-refractivity contribution < 1.29 is 19.1 Å². The van der Waals surface area contributed by atoms with Crippen LogP contribution in [0.1, 0.15) is 49.7 Å². The molecule has 2 atom stereocenters. The SMILES string of the molecule is COCC(=O)N1CCC(N(Cc2ccccc2)Cc2cccc(OC)c2)C[C@@H]1C(=O)NC1CCC(N)CC1. The third-order valence-corrected chi connectivity index (χ3v) is 7.85. The fourth-order valence-electron chi connectivity index (χ4n) is 5.73. The summed E-state index contributed by atoms with van der Waals surface area (Å²) in [4.78, 5) is 30.7. The molecule has 0 radical (unpaired) electrons. The minimum absolute atomic E-state index is 0.0235. The Morgan fingerprint density at radius 3 is 2.39 bits per heavy atom. The molecule has 8 nitrogen and oxygen atoms in total. The second-order valence-electron chi connectivity index (χ2n) is 10.6. The summed E-state index contributed by atoms with van der Waals surface area (Å²) in [5.41, 5.74) is 8.44. The van der Waals surface area contributed by atoms with Crippen LogP contribution >= 0.6 is 0 Å². The van der Waals surface area contributed by atoms with Crippen LogP contribution in [0.15, 0.2) is 54.6 Å². The zero-order chi connectivity index (χ0) is 26.9. The summed E-state index contributed by atoms with van der Waals surface area (Å²) in [6, 6.07) is 18.4. The number of carbonyl (C=O) groups excluding carboxylic acids is 2. The highest BCUT2D eigenvalue weighted by atomic mass is 16.5. The predicted molar refractivity (Wildman–Crippen MR) is 147 cm³/mol. The number of nitrogens with zero attached hydrogens (tertiary/aromatic N) is 2. The van der Waals surface area contributed by atoms with E-state index in [0.717, 1.165) is 56.5 Å². The van der Waals surface area contributed by atoms with Crippen LogP contribution in [0.3, 0.4) is 0 Å². The molecular weight excluding hydrogens is 480 g/mol. The van der Waals surface area contributed by atoms with E-state index in [1.54, 1.807) is 12.0 Å². The van der Waals surface area contributed by atoms with Crippen molar-refractivity contribution >= 4 is 11.8 Å². The summed E-state index contributed by atoms with van der Waals surface area (Å²) >= 11 is 0. The third kappa shape index (κ3) is 7.56. The summed E-state index contributed by atoms with van der Waals surface area (Å²) in [6.45, 7) is 1.97. The van der Waals surface area contributed by atoms with E-state index < -0.39 is 6.04 Å². The Kier molecular flexibility index (Phi) is 10.1. The first-order valence-corrected chi connectivity index (χ1v) is 13.7. The normalized spacial score (nSPS) is 23.7. The van der Waals surface area contributed by atoms with Crippen LogP contribution < -0.4 is 15.8 Å². The number of likely N-dealkylation sites (tertiary alicyclic amines) is 1. The van der Waals surface area contributed by atoms with Gasteiger partial charge < -0.3 is 25.4 Å². The molecule has 3 N–H and O–H groups in total. The monoisotopic (exact) mass is 522 g/mol. The van der Waals surface area contributed by atoms with Crippen molar-refractivity contribution in [2.45, 2.75) is 75.8 Å². The number of methoxy groups -OCH3 is 2. The molecule has 2 aliphatic rings. The number of piperidine rings is 1. The molecule has 0 bridgehead atoms. The molecule has 1 aliphatic carbocycles. The van der Waals surface area contributed by atoms with Crippen LogP contribution in [0.5, 0.6) is 5.75 Å². The number of rotatable bonds is 10. The van der Waals surface area contributed by atoms with E-state index in [0.29, 0.717) is 13.0 Å². The second kappa shape index (κ2) is 13.7. The number of amides is 2. The lowest BCUT2D eigenvalue weighted by Crippen LogP contribution is -2.59. The van der Waals surface area contributed by atoms with Crippen molar-refractivity contribution in [2.24, 2.45) is 5.73 Å². The van der Waals surface area contributed by atoms with Gasteiger partial charge >= 0.3 is 0 Å². The van der Waals surface area contributed by atoms with Crippen molar-refractivity contribution in [3.05, 3.63) is 65.7 Å². The van der Waals surface area contributed by atoms with Gasteiger partial charge in [-0.2, -0.15) is 0 Å². The summed E-state index contributed by atoms with van der Waals surface area (Å²) < 4.78 is 10.6. The number of carbonyl (C=O) groups is 2. The van der Waals surface area contributed by atoms with E-state index in [4.69, 9.17) is 15.2 Å². The van der Waals surface area contributed by atoms with Gasteiger partial charge in [0.15, 0.2) is 0 Å². The summed E-state index contributed by atoms with van der Waals surface area (Å²) in [7, 11) is 3.19. The van der Waals surface area contributed by atoms with Gasteiger partial charge in [0.1, 0.15) is 18.4 Å². The van der Waals surface area contributed by atoms with Crippen molar-refractivity contribution in [1.29, 1.82) is 0 Å². The van der Waals surface area contributed by atoms with Gasteiger partial charge in [0.25, 0.3) is 0 Å². The van der Waals surface area contributed by atoms with Crippen LogP contribution in [0.2, 0.25) is 0 Å². The first kappa shape index (κ1) is 28.1. The fourth-order valence-corrected chi connectivity index (χ4v) is 5.73.